The minimum absolute atomic E-state index is 0.0202. The normalized spacial score (nSPS) is 20.2. The van der Waals surface area contributed by atoms with E-state index in [1.165, 1.54) is 23.8 Å². The zero-order valence-electron chi connectivity index (χ0n) is 17.2. The highest BCUT2D eigenvalue weighted by atomic mass is 35.5. The number of carbonyl (C=O) groups excluding carboxylic acids is 1. The molecule has 2 aromatic carbocycles. The van der Waals surface area contributed by atoms with Crippen LogP contribution in [0.1, 0.15) is 33.5 Å². The Bertz CT molecular complexity index is 1110. The van der Waals surface area contributed by atoms with Gasteiger partial charge < -0.3 is 4.90 Å². The summed E-state index contributed by atoms with van der Waals surface area (Å²) in [5, 5.41) is 7.72. The van der Waals surface area contributed by atoms with Crippen molar-refractivity contribution in [1.82, 2.24) is 25.0 Å². The molecular formula is C23H23ClFN5O. The van der Waals surface area contributed by atoms with Crippen molar-refractivity contribution in [2.24, 2.45) is 5.41 Å². The largest absolute Gasteiger partial charge is 0.337 e. The maximum atomic E-state index is 14.2. The molecule has 6 nitrogen and oxygen atoms in total. The van der Waals surface area contributed by atoms with E-state index in [-0.39, 0.29) is 22.8 Å². The Hall–Kier alpha value is -2.77. The number of rotatable bonds is 4. The first kappa shape index (κ1) is 20.2. The number of hydrogen-bond donors (Lipinski definition) is 1. The van der Waals surface area contributed by atoms with Gasteiger partial charge in [-0.25, -0.2) is 9.37 Å². The lowest BCUT2D eigenvalue weighted by atomic mass is 9.71. The van der Waals surface area contributed by atoms with E-state index < -0.39 is 5.82 Å². The Labute approximate surface area is 185 Å². The maximum absolute atomic E-state index is 14.2. The number of hydrogen-bond acceptors (Lipinski definition) is 4. The minimum Gasteiger partial charge on any atom is -0.337 e. The molecule has 1 spiro atoms. The summed E-state index contributed by atoms with van der Waals surface area (Å²) in [4.78, 5) is 21.6. The summed E-state index contributed by atoms with van der Waals surface area (Å²) in [6, 6.07) is 14.4. The molecule has 0 aliphatic carbocycles. The van der Waals surface area contributed by atoms with Gasteiger partial charge in [0.05, 0.1) is 5.56 Å². The van der Waals surface area contributed by atoms with E-state index >= 15 is 0 Å². The van der Waals surface area contributed by atoms with Gasteiger partial charge >= 0.3 is 0 Å². The summed E-state index contributed by atoms with van der Waals surface area (Å²) >= 11 is 5.98. The zero-order chi connectivity index (χ0) is 21.6. The Kier molecular flexibility index (Phi) is 5.02. The molecule has 2 aliphatic rings. The van der Waals surface area contributed by atoms with Gasteiger partial charge in [0.15, 0.2) is 5.82 Å². The van der Waals surface area contributed by atoms with E-state index in [9.17, 15) is 9.18 Å². The Morgan fingerprint density at radius 2 is 2.00 bits per heavy atom. The Morgan fingerprint density at radius 3 is 2.71 bits per heavy atom. The van der Waals surface area contributed by atoms with Crippen LogP contribution in [0, 0.1) is 18.2 Å². The molecule has 8 heteroatoms. The van der Waals surface area contributed by atoms with Crippen LogP contribution in [-0.4, -0.2) is 57.1 Å². The highest BCUT2D eigenvalue weighted by Crippen LogP contribution is 2.49. The number of benzene rings is 2. The standard InChI is InChI=1S/C23H23ClFN5O/c1-15-26-21(28-27-15)19-11-29(10-16-5-3-2-4-6-16)12-23(19)13-30(14-23)22(31)18-9-17(24)7-8-20(18)25/h2-9,19H,10-14H2,1H3,(H,26,27,28). The van der Waals surface area contributed by atoms with Gasteiger partial charge in [-0.15, -0.1) is 0 Å². The van der Waals surface area contributed by atoms with Crippen molar-refractivity contribution in [3.63, 3.8) is 0 Å². The van der Waals surface area contributed by atoms with Crippen LogP contribution in [0.3, 0.4) is 0 Å². The molecule has 0 saturated carbocycles. The van der Waals surface area contributed by atoms with E-state index in [2.05, 4.69) is 32.2 Å². The van der Waals surface area contributed by atoms with Crippen LogP contribution in [0.4, 0.5) is 4.39 Å². The number of nitrogens with zero attached hydrogens (tertiary/aromatic N) is 4. The summed E-state index contributed by atoms with van der Waals surface area (Å²) in [5.74, 6) is 0.800. The maximum Gasteiger partial charge on any atom is 0.256 e. The molecule has 2 saturated heterocycles. The molecule has 0 bridgehead atoms. The van der Waals surface area contributed by atoms with Gasteiger partial charge in [-0.05, 0) is 30.7 Å². The van der Waals surface area contributed by atoms with Gasteiger partial charge in [-0.3, -0.25) is 14.8 Å². The molecule has 2 aliphatic heterocycles. The highest BCUT2D eigenvalue weighted by Gasteiger charge is 2.57. The lowest BCUT2D eigenvalue weighted by molar-refractivity contribution is 0.00147. The monoisotopic (exact) mass is 439 g/mol. The lowest BCUT2D eigenvalue weighted by Gasteiger charge is -2.50. The Balaban J connectivity index is 1.37. The van der Waals surface area contributed by atoms with Gasteiger partial charge in [0.1, 0.15) is 11.6 Å². The van der Waals surface area contributed by atoms with Crippen molar-refractivity contribution in [2.75, 3.05) is 26.2 Å². The van der Waals surface area contributed by atoms with Crippen molar-refractivity contribution < 1.29 is 9.18 Å². The molecular weight excluding hydrogens is 417 g/mol. The third kappa shape index (κ3) is 3.72. The highest BCUT2D eigenvalue weighted by molar-refractivity contribution is 6.31. The van der Waals surface area contributed by atoms with Gasteiger partial charge in [-0.1, -0.05) is 41.9 Å². The number of aromatic nitrogens is 3. The first-order valence-electron chi connectivity index (χ1n) is 10.3. The van der Waals surface area contributed by atoms with Crippen LogP contribution in [-0.2, 0) is 6.54 Å². The molecule has 1 amide bonds. The van der Waals surface area contributed by atoms with E-state index in [1.807, 2.05) is 25.1 Å². The van der Waals surface area contributed by atoms with Crippen molar-refractivity contribution >= 4 is 17.5 Å². The summed E-state index contributed by atoms with van der Waals surface area (Å²) in [7, 11) is 0. The van der Waals surface area contributed by atoms with E-state index in [1.54, 1.807) is 4.90 Å². The molecule has 1 atom stereocenters. The molecule has 0 radical (unpaired) electrons. The second kappa shape index (κ2) is 7.73. The fourth-order valence-electron chi connectivity index (χ4n) is 4.91. The zero-order valence-corrected chi connectivity index (χ0v) is 17.9. The number of likely N-dealkylation sites (tertiary alicyclic amines) is 2. The smallest absolute Gasteiger partial charge is 0.256 e. The number of aromatic amines is 1. The topological polar surface area (TPSA) is 65.1 Å². The molecule has 31 heavy (non-hydrogen) atoms. The van der Waals surface area contributed by atoms with Crippen LogP contribution in [0.2, 0.25) is 5.02 Å². The second-order valence-corrected chi connectivity index (χ2v) is 9.07. The quantitative estimate of drug-likeness (QED) is 0.674. The molecule has 1 unspecified atom stereocenters. The fourth-order valence-corrected chi connectivity index (χ4v) is 5.09. The van der Waals surface area contributed by atoms with Crippen LogP contribution < -0.4 is 0 Å². The minimum atomic E-state index is -0.548. The molecule has 3 aromatic rings. The molecule has 2 fully saturated rings. The number of carbonyl (C=O) groups is 1. The molecule has 1 aromatic heterocycles. The van der Waals surface area contributed by atoms with E-state index in [0.717, 1.165) is 31.3 Å². The average molecular weight is 440 g/mol. The Morgan fingerprint density at radius 1 is 1.23 bits per heavy atom. The molecule has 160 valence electrons. The van der Waals surface area contributed by atoms with Crippen LogP contribution in [0.25, 0.3) is 0 Å². The van der Waals surface area contributed by atoms with Gasteiger partial charge in [0.2, 0.25) is 0 Å². The first-order valence-corrected chi connectivity index (χ1v) is 10.7. The number of H-pyrrole nitrogens is 1. The van der Waals surface area contributed by atoms with Gasteiger partial charge in [0, 0.05) is 49.1 Å². The molecule has 3 heterocycles. The predicted molar refractivity (Wildman–Crippen MR) is 115 cm³/mol. The number of amides is 1. The van der Waals surface area contributed by atoms with Crippen molar-refractivity contribution in [1.29, 1.82) is 0 Å². The first-order chi connectivity index (χ1) is 14.9. The van der Waals surface area contributed by atoms with Gasteiger partial charge in [-0.2, -0.15) is 5.10 Å². The summed E-state index contributed by atoms with van der Waals surface area (Å²) in [6.45, 7) is 5.46. The van der Waals surface area contributed by atoms with Crippen molar-refractivity contribution in [2.45, 2.75) is 19.4 Å². The number of nitrogens with one attached hydrogen (secondary N) is 1. The summed E-state index contributed by atoms with van der Waals surface area (Å²) < 4.78 is 14.2. The molecule has 5 rings (SSSR count). The second-order valence-electron chi connectivity index (χ2n) is 8.63. The summed E-state index contributed by atoms with van der Waals surface area (Å²) in [5.41, 5.74) is 1.12. The number of aryl methyl sites for hydroxylation is 1. The SMILES string of the molecule is Cc1nc(C2CN(Cc3ccccc3)CC23CN(C(=O)c2cc(Cl)ccc2F)C3)n[nH]1. The van der Waals surface area contributed by atoms with Crippen LogP contribution in [0.15, 0.2) is 48.5 Å². The van der Waals surface area contributed by atoms with Crippen molar-refractivity contribution in [3.8, 4) is 0 Å². The molecule has 1 N–H and O–H groups in total. The van der Waals surface area contributed by atoms with E-state index in [4.69, 9.17) is 11.6 Å². The predicted octanol–water partition coefficient (Wildman–Crippen LogP) is 3.65. The third-order valence-electron chi connectivity index (χ3n) is 6.35. The van der Waals surface area contributed by atoms with Gasteiger partial charge in [0.25, 0.3) is 5.91 Å². The lowest BCUT2D eigenvalue weighted by Crippen LogP contribution is -2.61. The van der Waals surface area contributed by atoms with Crippen LogP contribution in [0.5, 0.6) is 0 Å². The van der Waals surface area contributed by atoms with Crippen LogP contribution >= 0.6 is 11.6 Å². The third-order valence-corrected chi connectivity index (χ3v) is 6.59. The average Bonchev–Trinajstić information content (AvgIpc) is 3.32. The summed E-state index contributed by atoms with van der Waals surface area (Å²) in [6.07, 6.45) is 0. The van der Waals surface area contributed by atoms with Crippen molar-refractivity contribution in [3.05, 3.63) is 82.1 Å². The fraction of sp³-hybridized carbons (Fsp3) is 0.348. The van der Waals surface area contributed by atoms with E-state index in [0.29, 0.717) is 18.1 Å². The number of halogens is 2.